The third-order valence-corrected chi connectivity index (χ3v) is 5.21. The van der Waals surface area contributed by atoms with Gasteiger partial charge in [0.25, 0.3) is 0 Å². The average Bonchev–Trinajstić information content (AvgIpc) is 3.25. The highest BCUT2D eigenvalue weighted by Gasteiger charge is 2.26. The topological polar surface area (TPSA) is 80.5 Å². The zero-order valence-electron chi connectivity index (χ0n) is 16.7. The van der Waals surface area contributed by atoms with Gasteiger partial charge in [0.15, 0.2) is 0 Å². The number of halogens is 1. The molecule has 30 heavy (non-hydrogen) atoms. The van der Waals surface area contributed by atoms with Crippen molar-refractivity contribution in [3.63, 3.8) is 0 Å². The van der Waals surface area contributed by atoms with Gasteiger partial charge in [-0.2, -0.15) is 0 Å². The van der Waals surface area contributed by atoms with Crippen LogP contribution in [0.25, 0.3) is 11.5 Å². The Bertz CT molecular complexity index is 980. The molecule has 3 aromatic rings. The van der Waals surface area contributed by atoms with E-state index >= 15 is 0 Å². The molecule has 0 aliphatic carbocycles. The minimum Gasteiger partial charge on any atom is -0.497 e. The Balaban J connectivity index is 1.27. The van der Waals surface area contributed by atoms with E-state index in [4.69, 9.17) is 9.15 Å². The van der Waals surface area contributed by atoms with Crippen molar-refractivity contribution in [2.75, 3.05) is 32.1 Å². The predicted octanol–water partition coefficient (Wildman–Crippen LogP) is 3.70. The molecular weight excluding hydrogens is 387 g/mol. The maximum atomic E-state index is 13.1. The molecule has 1 aliphatic heterocycles. The second kappa shape index (κ2) is 9.04. The van der Waals surface area contributed by atoms with Gasteiger partial charge in [-0.05, 0) is 74.5 Å². The SMILES string of the molecule is COc1ccc(NC(=O)CN2CCC(c3nnc(-c4ccc(F)cc4)o3)CC2)cc1. The van der Waals surface area contributed by atoms with Crippen LogP contribution in [-0.4, -0.2) is 47.7 Å². The Hall–Kier alpha value is -3.26. The van der Waals surface area contributed by atoms with Crippen molar-refractivity contribution < 1.29 is 18.3 Å². The lowest BCUT2D eigenvalue weighted by Crippen LogP contribution is -2.38. The number of benzene rings is 2. The predicted molar refractivity (Wildman–Crippen MR) is 110 cm³/mol. The molecule has 1 amide bonds. The van der Waals surface area contributed by atoms with Gasteiger partial charge in [0.1, 0.15) is 11.6 Å². The van der Waals surface area contributed by atoms with E-state index < -0.39 is 0 Å². The molecule has 1 aliphatic rings. The summed E-state index contributed by atoms with van der Waals surface area (Å²) < 4.78 is 24.0. The van der Waals surface area contributed by atoms with Crippen LogP contribution in [0.1, 0.15) is 24.7 Å². The maximum Gasteiger partial charge on any atom is 0.247 e. The van der Waals surface area contributed by atoms with Crippen LogP contribution in [0.5, 0.6) is 5.75 Å². The second-order valence-electron chi connectivity index (χ2n) is 7.28. The third-order valence-electron chi connectivity index (χ3n) is 5.21. The zero-order chi connectivity index (χ0) is 20.9. The highest BCUT2D eigenvalue weighted by atomic mass is 19.1. The number of carbonyl (C=O) groups is 1. The highest BCUT2D eigenvalue weighted by Crippen LogP contribution is 2.29. The molecule has 4 rings (SSSR count). The molecule has 8 heteroatoms. The summed E-state index contributed by atoms with van der Waals surface area (Å²) in [6.07, 6.45) is 1.67. The maximum absolute atomic E-state index is 13.1. The van der Waals surface area contributed by atoms with Crippen molar-refractivity contribution in [2.24, 2.45) is 0 Å². The van der Waals surface area contributed by atoms with Gasteiger partial charge in [0.05, 0.1) is 13.7 Å². The number of methoxy groups -OCH3 is 1. The number of anilines is 1. The van der Waals surface area contributed by atoms with Gasteiger partial charge in [0, 0.05) is 17.2 Å². The number of ether oxygens (including phenoxy) is 1. The standard InChI is InChI=1S/C22H23FN4O3/c1-29-19-8-6-18(7-9-19)24-20(28)14-27-12-10-16(11-13-27)22-26-25-21(30-22)15-2-4-17(23)5-3-15/h2-9,16H,10-14H2,1H3,(H,24,28). The van der Waals surface area contributed by atoms with Gasteiger partial charge in [-0.1, -0.05) is 0 Å². The molecule has 0 saturated carbocycles. The van der Waals surface area contributed by atoms with Crippen LogP contribution >= 0.6 is 0 Å². The molecule has 0 unspecified atom stereocenters. The Morgan fingerprint density at radius 1 is 1.13 bits per heavy atom. The Morgan fingerprint density at radius 2 is 1.83 bits per heavy atom. The lowest BCUT2D eigenvalue weighted by atomic mass is 9.97. The lowest BCUT2D eigenvalue weighted by Gasteiger charge is -2.29. The fourth-order valence-corrected chi connectivity index (χ4v) is 3.52. The largest absolute Gasteiger partial charge is 0.497 e. The van der Waals surface area contributed by atoms with Crippen molar-refractivity contribution in [1.82, 2.24) is 15.1 Å². The summed E-state index contributed by atoms with van der Waals surface area (Å²) in [4.78, 5) is 14.4. The van der Waals surface area contributed by atoms with Crippen LogP contribution < -0.4 is 10.1 Å². The minimum absolute atomic E-state index is 0.0463. The van der Waals surface area contributed by atoms with E-state index in [2.05, 4.69) is 20.4 Å². The van der Waals surface area contributed by atoms with Crippen molar-refractivity contribution in [2.45, 2.75) is 18.8 Å². The first-order valence-electron chi connectivity index (χ1n) is 9.86. The summed E-state index contributed by atoms with van der Waals surface area (Å²) in [7, 11) is 1.61. The normalized spacial score (nSPS) is 15.1. The molecule has 0 spiro atoms. The molecule has 0 radical (unpaired) electrons. The number of piperidine rings is 1. The number of hydrogen-bond donors (Lipinski definition) is 1. The smallest absolute Gasteiger partial charge is 0.247 e. The van der Waals surface area contributed by atoms with Crippen molar-refractivity contribution in [3.05, 3.63) is 60.2 Å². The quantitative estimate of drug-likeness (QED) is 0.667. The van der Waals surface area contributed by atoms with Crippen LogP contribution in [0.15, 0.2) is 52.9 Å². The van der Waals surface area contributed by atoms with E-state index in [1.54, 1.807) is 19.2 Å². The number of amides is 1. The van der Waals surface area contributed by atoms with E-state index in [0.717, 1.165) is 37.4 Å². The summed E-state index contributed by atoms with van der Waals surface area (Å²) in [6, 6.07) is 13.2. The van der Waals surface area contributed by atoms with Gasteiger partial charge in [-0.3, -0.25) is 9.69 Å². The highest BCUT2D eigenvalue weighted by molar-refractivity contribution is 5.92. The van der Waals surface area contributed by atoms with E-state index in [0.29, 0.717) is 23.9 Å². The number of carbonyl (C=O) groups excluding carboxylic acids is 1. The van der Waals surface area contributed by atoms with Crippen molar-refractivity contribution in [3.8, 4) is 17.2 Å². The molecule has 7 nitrogen and oxygen atoms in total. The average molecular weight is 410 g/mol. The molecule has 2 aromatic carbocycles. The number of aromatic nitrogens is 2. The molecule has 2 heterocycles. The molecular formula is C22H23FN4O3. The van der Waals surface area contributed by atoms with E-state index in [1.807, 2.05) is 24.3 Å². The summed E-state index contributed by atoms with van der Waals surface area (Å²) >= 11 is 0. The Kier molecular flexibility index (Phi) is 6.04. The van der Waals surface area contributed by atoms with Crippen LogP contribution in [0.3, 0.4) is 0 Å². The number of hydrogen-bond acceptors (Lipinski definition) is 6. The van der Waals surface area contributed by atoms with E-state index in [9.17, 15) is 9.18 Å². The van der Waals surface area contributed by atoms with Crippen LogP contribution in [-0.2, 0) is 4.79 Å². The molecule has 1 saturated heterocycles. The fourth-order valence-electron chi connectivity index (χ4n) is 3.52. The van der Waals surface area contributed by atoms with Crippen molar-refractivity contribution in [1.29, 1.82) is 0 Å². The summed E-state index contributed by atoms with van der Waals surface area (Å²) in [5.74, 6) is 1.55. The second-order valence-corrected chi connectivity index (χ2v) is 7.28. The van der Waals surface area contributed by atoms with Gasteiger partial charge < -0.3 is 14.5 Å². The number of nitrogens with zero attached hydrogens (tertiary/aromatic N) is 3. The van der Waals surface area contributed by atoms with Crippen molar-refractivity contribution >= 4 is 11.6 Å². The summed E-state index contributed by atoms with van der Waals surface area (Å²) in [5.41, 5.74) is 1.44. The molecule has 0 bridgehead atoms. The lowest BCUT2D eigenvalue weighted by molar-refractivity contribution is -0.117. The number of rotatable bonds is 6. The third kappa shape index (κ3) is 4.83. The molecule has 1 aromatic heterocycles. The van der Waals surface area contributed by atoms with Crippen LogP contribution in [0.2, 0.25) is 0 Å². The van der Waals surface area contributed by atoms with Crippen LogP contribution in [0.4, 0.5) is 10.1 Å². The van der Waals surface area contributed by atoms with Crippen LogP contribution in [0, 0.1) is 5.82 Å². The van der Waals surface area contributed by atoms with Gasteiger partial charge in [-0.25, -0.2) is 4.39 Å². The molecule has 1 N–H and O–H groups in total. The fraction of sp³-hybridized carbons (Fsp3) is 0.318. The Labute approximate surface area is 173 Å². The number of likely N-dealkylation sites (tertiary alicyclic amines) is 1. The monoisotopic (exact) mass is 410 g/mol. The molecule has 156 valence electrons. The summed E-state index contributed by atoms with van der Waals surface area (Å²) in [6.45, 7) is 1.88. The number of nitrogens with one attached hydrogen (secondary N) is 1. The molecule has 1 fully saturated rings. The van der Waals surface area contributed by atoms with E-state index in [-0.39, 0.29) is 17.6 Å². The summed E-state index contributed by atoms with van der Waals surface area (Å²) in [5, 5.41) is 11.2. The first kappa shape index (κ1) is 20.0. The first-order chi connectivity index (χ1) is 14.6. The minimum atomic E-state index is -0.304. The first-order valence-corrected chi connectivity index (χ1v) is 9.86. The van der Waals surface area contributed by atoms with Gasteiger partial charge in [0.2, 0.25) is 17.7 Å². The van der Waals surface area contributed by atoms with Gasteiger partial charge in [-0.15, -0.1) is 10.2 Å². The Morgan fingerprint density at radius 3 is 2.50 bits per heavy atom. The molecule has 0 atom stereocenters. The van der Waals surface area contributed by atoms with E-state index in [1.165, 1.54) is 12.1 Å². The van der Waals surface area contributed by atoms with Gasteiger partial charge >= 0.3 is 0 Å². The zero-order valence-corrected chi connectivity index (χ0v) is 16.7.